The van der Waals surface area contributed by atoms with E-state index in [1.807, 2.05) is 84.9 Å². The second kappa shape index (κ2) is 13.2. The molecule has 0 atom stereocenters. The summed E-state index contributed by atoms with van der Waals surface area (Å²) >= 11 is 0. The maximum Gasteiger partial charge on any atom is 0.224 e. The van der Waals surface area contributed by atoms with Gasteiger partial charge in [-0.3, -0.25) is 0 Å². The molecule has 8 aromatic rings. The van der Waals surface area contributed by atoms with Crippen molar-refractivity contribution >= 4 is 11.9 Å². The molecule has 2 heterocycles. The summed E-state index contributed by atoms with van der Waals surface area (Å²) in [7, 11) is 0. The van der Waals surface area contributed by atoms with Gasteiger partial charge in [0.25, 0.3) is 0 Å². The molecule has 2 aromatic heterocycles. The lowest BCUT2D eigenvalue weighted by Gasteiger charge is -2.10. The SMILES string of the molecule is Nc1nc(-c2ccccc2)nc(-c2ccc(-c3cccc(-c4ccc(-c5nc(N)nc(-c6cccc(-c7ccccc7)c6)n5)cc4)c3)cc2)n1. The molecule has 50 heavy (non-hydrogen) atoms. The van der Waals surface area contributed by atoms with E-state index in [-0.39, 0.29) is 11.9 Å². The molecule has 0 radical (unpaired) electrons. The molecule has 0 amide bonds. The molecular weight excluding hydrogens is 617 g/mol. The molecule has 238 valence electrons. The first-order chi connectivity index (χ1) is 24.6. The van der Waals surface area contributed by atoms with Gasteiger partial charge >= 0.3 is 0 Å². The fourth-order valence-electron chi connectivity index (χ4n) is 5.86. The monoisotopic (exact) mass is 646 g/mol. The summed E-state index contributed by atoms with van der Waals surface area (Å²) in [4.78, 5) is 27.1. The number of benzene rings is 6. The summed E-state index contributed by atoms with van der Waals surface area (Å²) < 4.78 is 0. The van der Waals surface area contributed by atoms with E-state index in [9.17, 15) is 0 Å². The Morgan fingerprint density at radius 2 is 0.520 bits per heavy atom. The van der Waals surface area contributed by atoms with Gasteiger partial charge in [-0.15, -0.1) is 0 Å². The Bertz CT molecular complexity index is 2430. The fourth-order valence-corrected chi connectivity index (χ4v) is 5.86. The molecule has 0 saturated carbocycles. The first kappa shape index (κ1) is 30.3. The van der Waals surface area contributed by atoms with Crippen molar-refractivity contribution in [1.82, 2.24) is 29.9 Å². The summed E-state index contributed by atoms with van der Waals surface area (Å²) in [6, 6.07) is 52.9. The third-order valence-corrected chi connectivity index (χ3v) is 8.38. The van der Waals surface area contributed by atoms with Crippen molar-refractivity contribution in [2.75, 3.05) is 11.5 Å². The van der Waals surface area contributed by atoms with Crippen LogP contribution >= 0.6 is 0 Å². The van der Waals surface area contributed by atoms with Gasteiger partial charge in [0.05, 0.1) is 0 Å². The molecule has 8 rings (SSSR count). The lowest BCUT2D eigenvalue weighted by Crippen LogP contribution is -2.02. The van der Waals surface area contributed by atoms with Crippen molar-refractivity contribution in [2.45, 2.75) is 0 Å². The zero-order chi connectivity index (χ0) is 33.9. The molecule has 0 aliphatic rings. The number of nitrogen functional groups attached to an aromatic ring is 2. The first-order valence-electron chi connectivity index (χ1n) is 16.1. The van der Waals surface area contributed by atoms with Crippen LogP contribution in [0.5, 0.6) is 0 Å². The summed E-state index contributed by atoms with van der Waals surface area (Å²) in [5.74, 6) is 2.49. The second-order valence-electron chi connectivity index (χ2n) is 11.7. The molecule has 8 nitrogen and oxygen atoms in total. The Labute approximate surface area is 289 Å². The van der Waals surface area contributed by atoms with Crippen molar-refractivity contribution < 1.29 is 0 Å². The van der Waals surface area contributed by atoms with Crippen LogP contribution in [-0.2, 0) is 0 Å². The van der Waals surface area contributed by atoms with Crippen LogP contribution in [-0.4, -0.2) is 29.9 Å². The number of anilines is 2. The van der Waals surface area contributed by atoms with Gasteiger partial charge in [-0.1, -0.05) is 146 Å². The van der Waals surface area contributed by atoms with Gasteiger partial charge in [0.15, 0.2) is 23.3 Å². The number of rotatable bonds is 7. The highest BCUT2D eigenvalue weighted by atomic mass is 15.1. The highest BCUT2D eigenvalue weighted by molar-refractivity contribution is 5.76. The van der Waals surface area contributed by atoms with Crippen LogP contribution in [0, 0.1) is 0 Å². The molecule has 0 aliphatic carbocycles. The Hall–Kier alpha value is -7.06. The van der Waals surface area contributed by atoms with Gasteiger partial charge in [0.2, 0.25) is 11.9 Å². The van der Waals surface area contributed by atoms with Gasteiger partial charge in [-0.05, 0) is 45.5 Å². The smallest absolute Gasteiger partial charge is 0.224 e. The van der Waals surface area contributed by atoms with Crippen LogP contribution in [0.3, 0.4) is 0 Å². The van der Waals surface area contributed by atoms with Crippen LogP contribution in [0.25, 0.3) is 78.9 Å². The molecule has 4 N–H and O–H groups in total. The van der Waals surface area contributed by atoms with Crippen LogP contribution in [0.2, 0.25) is 0 Å². The maximum absolute atomic E-state index is 6.18. The van der Waals surface area contributed by atoms with Gasteiger partial charge in [0, 0.05) is 22.3 Å². The van der Waals surface area contributed by atoms with Crippen LogP contribution in [0.1, 0.15) is 0 Å². The Kier molecular flexibility index (Phi) is 8.00. The topological polar surface area (TPSA) is 129 Å². The highest BCUT2D eigenvalue weighted by Gasteiger charge is 2.12. The number of hydrogen-bond donors (Lipinski definition) is 2. The van der Waals surface area contributed by atoms with Crippen molar-refractivity contribution in [3.8, 4) is 78.9 Å². The van der Waals surface area contributed by atoms with E-state index in [1.54, 1.807) is 0 Å². The Balaban J connectivity index is 1.03. The van der Waals surface area contributed by atoms with Gasteiger partial charge in [-0.25, -0.2) is 9.97 Å². The van der Waals surface area contributed by atoms with E-state index in [0.29, 0.717) is 23.3 Å². The zero-order valence-corrected chi connectivity index (χ0v) is 26.8. The standard InChI is InChI=1S/C42H30N8/c43-41-47-37(30-11-5-2-6-12-30)45-38(48-41)31-21-17-28(18-22-31)33-13-7-14-34(25-33)29-19-23-32(24-20-29)39-46-40(50-42(44)49-39)36-16-8-15-35(26-36)27-9-3-1-4-10-27/h1-26H,(H2,43,45,47,48)(H2,44,46,49,50). The van der Waals surface area contributed by atoms with E-state index < -0.39 is 0 Å². The highest BCUT2D eigenvalue weighted by Crippen LogP contribution is 2.31. The van der Waals surface area contributed by atoms with Crippen molar-refractivity contribution in [3.05, 3.63) is 158 Å². The number of aromatic nitrogens is 6. The van der Waals surface area contributed by atoms with E-state index in [1.165, 1.54) is 0 Å². The van der Waals surface area contributed by atoms with Crippen LogP contribution in [0.15, 0.2) is 158 Å². The van der Waals surface area contributed by atoms with E-state index in [4.69, 9.17) is 16.5 Å². The fraction of sp³-hybridized carbons (Fsp3) is 0. The molecule has 6 aromatic carbocycles. The summed E-state index contributed by atoms with van der Waals surface area (Å²) in [6.07, 6.45) is 0. The van der Waals surface area contributed by atoms with Crippen molar-refractivity contribution in [2.24, 2.45) is 0 Å². The third-order valence-electron chi connectivity index (χ3n) is 8.38. The molecule has 8 heteroatoms. The number of hydrogen-bond acceptors (Lipinski definition) is 8. The normalized spacial score (nSPS) is 11.0. The van der Waals surface area contributed by atoms with Gasteiger partial charge < -0.3 is 11.5 Å². The summed E-state index contributed by atoms with van der Waals surface area (Å²) in [5, 5.41) is 0. The van der Waals surface area contributed by atoms with Crippen molar-refractivity contribution in [3.63, 3.8) is 0 Å². The lowest BCUT2D eigenvalue weighted by molar-refractivity contribution is 1.08. The minimum atomic E-state index is 0.175. The Morgan fingerprint density at radius 3 is 0.960 bits per heavy atom. The predicted molar refractivity (Wildman–Crippen MR) is 200 cm³/mol. The largest absolute Gasteiger partial charge is 0.368 e. The molecule has 0 fully saturated rings. The first-order valence-corrected chi connectivity index (χ1v) is 16.1. The van der Waals surface area contributed by atoms with E-state index in [2.05, 4.69) is 97.7 Å². The molecule has 0 aliphatic heterocycles. The van der Waals surface area contributed by atoms with Crippen LogP contribution in [0.4, 0.5) is 11.9 Å². The lowest BCUT2D eigenvalue weighted by atomic mass is 9.97. The van der Waals surface area contributed by atoms with Crippen molar-refractivity contribution in [1.29, 1.82) is 0 Å². The summed E-state index contributed by atoms with van der Waals surface area (Å²) in [5.41, 5.74) is 22.2. The van der Waals surface area contributed by atoms with Crippen LogP contribution < -0.4 is 11.5 Å². The minimum absolute atomic E-state index is 0.175. The Morgan fingerprint density at radius 1 is 0.240 bits per heavy atom. The number of nitrogens with zero attached hydrogens (tertiary/aromatic N) is 6. The number of nitrogens with two attached hydrogens (primary N) is 2. The van der Waals surface area contributed by atoms with E-state index >= 15 is 0 Å². The van der Waals surface area contributed by atoms with E-state index in [0.717, 1.165) is 55.6 Å². The quantitative estimate of drug-likeness (QED) is 0.176. The molecular formula is C42H30N8. The third kappa shape index (κ3) is 6.41. The maximum atomic E-state index is 6.18. The summed E-state index contributed by atoms with van der Waals surface area (Å²) in [6.45, 7) is 0. The second-order valence-corrected chi connectivity index (χ2v) is 11.7. The predicted octanol–water partition coefficient (Wildman–Crippen LogP) is 8.89. The van der Waals surface area contributed by atoms with Gasteiger partial charge in [-0.2, -0.15) is 19.9 Å². The average molecular weight is 647 g/mol. The molecule has 0 unspecified atom stereocenters. The molecule has 0 bridgehead atoms. The minimum Gasteiger partial charge on any atom is -0.368 e. The zero-order valence-electron chi connectivity index (χ0n) is 26.8. The van der Waals surface area contributed by atoms with Gasteiger partial charge in [0.1, 0.15) is 0 Å². The molecule has 0 saturated heterocycles. The molecule has 0 spiro atoms. The average Bonchev–Trinajstić information content (AvgIpc) is 3.18.